The molecule has 1 aliphatic rings. The van der Waals surface area contributed by atoms with Crippen molar-refractivity contribution in [2.24, 2.45) is 0 Å². The number of anilines is 1. The van der Waals surface area contributed by atoms with Gasteiger partial charge in [0, 0.05) is 57.3 Å². The van der Waals surface area contributed by atoms with Crippen LogP contribution in [-0.2, 0) is 37.5 Å². The Morgan fingerprint density at radius 1 is 1.16 bits per heavy atom. The Bertz CT molecular complexity index is 1320. The van der Waals surface area contributed by atoms with E-state index < -0.39 is 29.2 Å². The van der Waals surface area contributed by atoms with Gasteiger partial charge in [-0.3, -0.25) is 14.5 Å². The van der Waals surface area contributed by atoms with Crippen LogP contribution in [0.1, 0.15) is 62.8 Å². The first kappa shape index (κ1) is 34.3. The molecule has 1 fully saturated rings. The van der Waals surface area contributed by atoms with Gasteiger partial charge in [0.15, 0.2) is 0 Å². The normalized spacial score (nSPS) is 17.9. The lowest BCUT2D eigenvalue weighted by molar-refractivity contribution is -0.182. The average Bonchev–Trinajstić information content (AvgIpc) is 2.89. The summed E-state index contributed by atoms with van der Waals surface area (Å²) in [7, 11) is 14.3. The van der Waals surface area contributed by atoms with Crippen LogP contribution in [0.4, 0.5) is 10.1 Å². The number of likely N-dealkylation sites (N-methyl/N-ethyl adjacent to an activating group) is 1. The minimum absolute atomic E-state index is 0.0577. The molecule has 2 aromatic rings. The third-order valence-corrected chi connectivity index (χ3v) is 7.53. The van der Waals surface area contributed by atoms with Crippen LogP contribution in [0.25, 0.3) is 0 Å². The number of carbonyl (C=O) groups is 3. The second kappa shape index (κ2) is 13.2. The van der Waals surface area contributed by atoms with E-state index in [0.29, 0.717) is 34.5 Å². The Morgan fingerprint density at radius 2 is 1.81 bits per heavy atom. The molecule has 0 aromatic heterocycles. The second-order valence-corrected chi connectivity index (χ2v) is 12.4. The van der Waals surface area contributed by atoms with Crippen LogP contribution in [-0.4, -0.2) is 86.3 Å². The summed E-state index contributed by atoms with van der Waals surface area (Å²) in [5, 5.41) is 14.5. The van der Waals surface area contributed by atoms with Gasteiger partial charge in [0.25, 0.3) is 5.91 Å². The molecule has 3 N–H and O–H groups in total. The van der Waals surface area contributed by atoms with Gasteiger partial charge in [0.05, 0.1) is 26.9 Å². The maximum atomic E-state index is 15.3. The summed E-state index contributed by atoms with van der Waals surface area (Å²) in [6, 6.07) is 10.2. The first-order chi connectivity index (χ1) is 20.0. The van der Waals surface area contributed by atoms with E-state index in [4.69, 9.17) is 20.4 Å². The molecule has 1 aliphatic heterocycles. The van der Waals surface area contributed by atoms with E-state index in [1.807, 2.05) is 33.8 Å². The SMILES string of the molecule is [B]C([B])(c1c(C)cccc1NCc1ccc(CN2CC(C)(C)OC(C)(C)C2)cc1F)N(C=O)C(O)(CCC=O)C(=O)NC. The van der Waals surface area contributed by atoms with Crippen molar-refractivity contribution in [3.8, 4) is 0 Å². The number of amides is 2. The monoisotopic (exact) mass is 590 g/mol. The number of rotatable bonds is 13. The quantitative estimate of drug-likeness (QED) is 0.187. The summed E-state index contributed by atoms with van der Waals surface area (Å²) in [4.78, 5) is 38.9. The Hall–Kier alpha value is -3.21. The zero-order valence-corrected chi connectivity index (χ0v) is 25.9. The number of hydrogen-bond acceptors (Lipinski definition) is 7. The van der Waals surface area contributed by atoms with Crippen molar-refractivity contribution in [1.82, 2.24) is 15.1 Å². The molecule has 12 heteroatoms. The van der Waals surface area contributed by atoms with Crippen molar-refractivity contribution < 1.29 is 28.6 Å². The minimum atomic E-state index is -2.52. The first-order valence-corrected chi connectivity index (χ1v) is 14.2. The van der Waals surface area contributed by atoms with Crippen LogP contribution in [0.15, 0.2) is 36.4 Å². The summed E-state index contributed by atoms with van der Waals surface area (Å²) >= 11 is 0. The third-order valence-electron chi connectivity index (χ3n) is 7.53. The third kappa shape index (κ3) is 7.85. The number of halogens is 1. The van der Waals surface area contributed by atoms with Gasteiger partial charge >= 0.3 is 0 Å². The highest BCUT2D eigenvalue weighted by Gasteiger charge is 2.48. The number of aldehydes is 1. The van der Waals surface area contributed by atoms with E-state index in [1.165, 1.54) is 13.1 Å². The van der Waals surface area contributed by atoms with Gasteiger partial charge in [-0.05, 0) is 68.8 Å². The molecule has 0 saturated carbocycles. The van der Waals surface area contributed by atoms with E-state index in [0.717, 1.165) is 18.7 Å². The molecule has 228 valence electrons. The number of aliphatic hydroxyl groups is 1. The van der Waals surface area contributed by atoms with Gasteiger partial charge in [0.1, 0.15) is 12.1 Å². The summed E-state index contributed by atoms with van der Waals surface area (Å²) in [5.41, 5.74) is -0.825. The number of ether oxygens (including phenoxy) is 1. The molecule has 1 heterocycles. The van der Waals surface area contributed by atoms with E-state index in [9.17, 15) is 19.5 Å². The number of nitrogens with zero attached hydrogens (tertiary/aromatic N) is 2. The molecule has 0 aliphatic carbocycles. The number of carbonyl (C=O) groups excluding carboxylic acids is 3. The summed E-state index contributed by atoms with van der Waals surface area (Å²) < 4.78 is 21.5. The lowest BCUT2D eigenvalue weighted by atomic mass is 9.55. The smallest absolute Gasteiger partial charge is 0.273 e. The summed E-state index contributed by atoms with van der Waals surface area (Å²) in [6.07, 6.45) is 0.0102. The van der Waals surface area contributed by atoms with Crippen molar-refractivity contribution in [2.75, 3.05) is 25.5 Å². The lowest BCUT2D eigenvalue weighted by Gasteiger charge is -2.47. The van der Waals surface area contributed by atoms with Crippen LogP contribution in [0.2, 0.25) is 0 Å². The summed E-state index contributed by atoms with van der Waals surface area (Å²) in [5.74, 6) is -1.36. The Labute approximate surface area is 256 Å². The predicted molar refractivity (Wildman–Crippen MR) is 165 cm³/mol. The fourth-order valence-corrected chi connectivity index (χ4v) is 6.09. The van der Waals surface area contributed by atoms with Gasteiger partial charge in [-0.2, -0.15) is 0 Å². The van der Waals surface area contributed by atoms with Crippen LogP contribution < -0.4 is 10.6 Å². The Kier molecular flexibility index (Phi) is 10.5. The van der Waals surface area contributed by atoms with Gasteiger partial charge < -0.3 is 30.2 Å². The molecule has 2 aromatic carbocycles. The molecule has 9 nitrogen and oxygen atoms in total. The predicted octanol–water partition coefficient (Wildman–Crippen LogP) is 2.46. The molecular weight excluding hydrogens is 549 g/mol. The van der Waals surface area contributed by atoms with Gasteiger partial charge in [-0.25, -0.2) is 4.39 Å². The van der Waals surface area contributed by atoms with E-state index in [2.05, 4.69) is 15.5 Å². The number of benzene rings is 2. The maximum absolute atomic E-state index is 15.3. The molecule has 1 saturated heterocycles. The number of morpholine rings is 1. The van der Waals surface area contributed by atoms with E-state index in [-0.39, 0.29) is 36.1 Å². The molecule has 4 radical (unpaired) electrons. The van der Waals surface area contributed by atoms with Crippen LogP contribution in [0, 0.1) is 12.7 Å². The molecule has 1 unspecified atom stereocenters. The highest BCUT2D eigenvalue weighted by atomic mass is 19.1. The van der Waals surface area contributed by atoms with Crippen LogP contribution in [0.5, 0.6) is 0 Å². The molecule has 2 amide bonds. The molecule has 3 rings (SSSR count). The fourth-order valence-electron chi connectivity index (χ4n) is 6.09. The zero-order valence-electron chi connectivity index (χ0n) is 25.9. The van der Waals surface area contributed by atoms with Gasteiger partial charge in [-0.1, -0.05) is 24.3 Å². The standard InChI is InChI=1S/C31H41B2FN4O5/c1-21-9-7-10-25(26(21)31(32,33)38(20-40)30(42,13-8-14-39)27(41)35-6)36-16-23-12-11-22(15-24(23)34)17-37-18-28(2,3)43-29(4,5)19-37/h7,9-12,14-15,20,36,42H,8,13,16-19H2,1-6H3,(H,35,41). The lowest BCUT2D eigenvalue weighted by Crippen LogP contribution is -2.65. The van der Waals surface area contributed by atoms with Crippen molar-refractivity contribution in [1.29, 1.82) is 0 Å². The minimum Gasteiger partial charge on any atom is -0.381 e. The molecule has 1 atom stereocenters. The number of nitrogens with one attached hydrogen (secondary N) is 2. The maximum Gasteiger partial charge on any atom is 0.273 e. The number of aryl methyl sites for hydroxylation is 1. The molecule has 43 heavy (non-hydrogen) atoms. The summed E-state index contributed by atoms with van der Waals surface area (Å²) in [6.45, 7) is 12.0. The van der Waals surface area contributed by atoms with Crippen molar-refractivity contribution in [2.45, 2.75) is 82.8 Å². The molecule has 0 bridgehead atoms. The van der Waals surface area contributed by atoms with Crippen molar-refractivity contribution in [3.63, 3.8) is 0 Å². The van der Waals surface area contributed by atoms with Gasteiger partial charge in [-0.15, -0.1) is 0 Å². The highest BCUT2D eigenvalue weighted by Crippen LogP contribution is 2.36. The molecular formula is C31H41B2FN4O5. The van der Waals surface area contributed by atoms with E-state index in [1.54, 1.807) is 31.2 Å². The average molecular weight is 590 g/mol. The van der Waals surface area contributed by atoms with E-state index >= 15 is 4.39 Å². The van der Waals surface area contributed by atoms with Crippen molar-refractivity contribution in [3.05, 3.63) is 64.5 Å². The first-order valence-electron chi connectivity index (χ1n) is 14.2. The Morgan fingerprint density at radius 3 is 2.37 bits per heavy atom. The topological polar surface area (TPSA) is 111 Å². The zero-order chi connectivity index (χ0) is 32.2. The second-order valence-electron chi connectivity index (χ2n) is 12.4. The van der Waals surface area contributed by atoms with Crippen LogP contribution in [0.3, 0.4) is 0 Å². The van der Waals surface area contributed by atoms with Crippen LogP contribution >= 0.6 is 0 Å². The molecule has 0 spiro atoms. The highest BCUT2D eigenvalue weighted by molar-refractivity contribution is 6.41. The van der Waals surface area contributed by atoms with Gasteiger partial charge in [0.2, 0.25) is 12.1 Å². The Balaban J connectivity index is 1.86. The largest absolute Gasteiger partial charge is 0.381 e. The van der Waals surface area contributed by atoms with Crippen molar-refractivity contribution >= 4 is 40.0 Å². The number of hydrogen-bond donors (Lipinski definition) is 3. The fraction of sp³-hybridized carbons (Fsp3) is 0.516.